The number of nitrogens with zero attached hydrogens (tertiary/aromatic N) is 1. The Kier molecular flexibility index (Phi) is 7.60. The minimum atomic E-state index is -0.0324. The highest BCUT2D eigenvalue weighted by Crippen LogP contribution is 2.26. The Labute approximate surface area is 169 Å². The molecule has 3 rings (SSSR count). The lowest BCUT2D eigenvalue weighted by Crippen LogP contribution is -2.24. The summed E-state index contributed by atoms with van der Waals surface area (Å²) in [4.78, 5) is 2.27. The maximum absolute atomic E-state index is 6.32. The first-order chi connectivity index (χ1) is 13.7. The molecule has 0 saturated carbocycles. The number of hydrogen-bond acceptors (Lipinski definition) is 2. The molecular weight excluding hydrogens is 342 g/mol. The van der Waals surface area contributed by atoms with Crippen LogP contribution in [0.2, 0.25) is 0 Å². The quantitative estimate of drug-likeness (QED) is 0.475. The molecule has 2 nitrogen and oxygen atoms in total. The van der Waals surface area contributed by atoms with Gasteiger partial charge in [0, 0.05) is 13.1 Å². The first-order valence-corrected chi connectivity index (χ1v) is 9.85. The SMILES string of the molecule is Cc1ccc(C(OCCN(C)C/C=C/c2ccccc2)c2ccccc2)cc1. The van der Waals surface area contributed by atoms with Crippen molar-refractivity contribution in [3.63, 3.8) is 0 Å². The van der Waals surface area contributed by atoms with Gasteiger partial charge in [-0.3, -0.25) is 0 Å². The number of rotatable bonds is 9. The number of benzene rings is 3. The summed E-state index contributed by atoms with van der Waals surface area (Å²) in [5, 5.41) is 0. The Bertz CT molecular complexity index is 841. The maximum atomic E-state index is 6.32. The van der Waals surface area contributed by atoms with Gasteiger partial charge < -0.3 is 9.64 Å². The summed E-state index contributed by atoms with van der Waals surface area (Å²) in [6, 6.07) is 29.5. The van der Waals surface area contributed by atoms with Crippen LogP contribution in [0.25, 0.3) is 6.08 Å². The molecule has 0 heterocycles. The normalized spacial score (nSPS) is 12.5. The molecule has 2 heteroatoms. The van der Waals surface area contributed by atoms with E-state index < -0.39 is 0 Å². The van der Waals surface area contributed by atoms with Crippen LogP contribution in [-0.2, 0) is 4.74 Å². The summed E-state index contributed by atoms with van der Waals surface area (Å²) < 4.78 is 6.32. The van der Waals surface area contributed by atoms with Crippen LogP contribution in [0.5, 0.6) is 0 Å². The van der Waals surface area contributed by atoms with Crippen LogP contribution in [0.1, 0.15) is 28.4 Å². The van der Waals surface area contributed by atoms with E-state index in [0.717, 1.165) is 13.1 Å². The molecule has 0 bridgehead atoms. The molecule has 3 aromatic rings. The van der Waals surface area contributed by atoms with Gasteiger partial charge in [0.25, 0.3) is 0 Å². The summed E-state index contributed by atoms with van der Waals surface area (Å²) in [6.07, 6.45) is 4.33. The molecule has 0 aliphatic carbocycles. The summed E-state index contributed by atoms with van der Waals surface area (Å²) in [6.45, 7) is 4.58. The van der Waals surface area contributed by atoms with E-state index in [4.69, 9.17) is 4.74 Å². The molecule has 0 N–H and O–H groups in total. The lowest BCUT2D eigenvalue weighted by molar-refractivity contribution is 0.0666. The Balaban J connectivity index is 1.55. The third kappa shape index (κ3) is 6.19. The van der Waals surface area contributed by atoms with Gasteiger partial charge in [-0.1, -0.05) is 103 Å². The summed E-state index contributed by atoms with van der Waals surface area (Å²) >= 11 is 0. The van der Waals surface area contributed by atoms with Crippen molar-refractivity contribution in [1.29, 1.82) is 0 Å². The zero-order valence-electron chi connectivity index (χ0n) is 16.8. The van der Waals surface area contributed by atoms with Gasteiger partial charge in [0.05, 0.1) is 6.61 Å². The minimum Gasteiger partial charge on any atom is -0.367 e. The van der Waals surface area contributed by atoms with Crippen LogP contribution in [0.3, 0.4) is 0 Å². The number of likely N-dealkylation sites (N-methyl/N-ethyl adjacent to an activating group) is 1. The minimum absolute atomic E-state index is 0.0324. The lowest BCUT2D eigenvalue weighted by Gasteiger charge is -2.21. The van der Waals surface area contributed by atoms with Crippen LogP contribution < -0.4 is 0 Å². The molecule has 1 atom stereocenters. The van der Waals surface area contributed by atoms with Gasteiger partial charge in [0.2, 0.25) is 0 Å². The van der Waals surface area contributed by atoms with E-state index in [1.165, 1.54) is 22.3 Å². The van der Waals surface area contributed by atoms with Crippen molar-refractivity contribution < 1.29 is 4.74 Å². The molecule has 0 saturated heterocycles. The van der Waals surface area contributed by atoms with Gasteiger partial charge in [-0.05, 0) is 30.7 Å². The van der Waals surface area contributed by atoms with E-state index in [1.807, 2.05) is 12.1 Å². The van der Waals surface area contributed by atoms with Gasteiger partial charge in [-0.25, -0.2) is 0 Å². The molecule has 0 radical (unpaired) electrons. The molecule has 144 valence electrons. The van der Waals surface area contributed by atoms with Crippen molar-refractivity contribution in [2.24, 2.45) is 0 Å². The van der Waals surface area contributed by atoms with Crippen LogP contribution in [0.15, 0.2) is 91.0 Å². The highest BCUT2D eigenvalue weighted by molar-refractivity contribution is 5.48. The Hall–Kier alpha value is -2.68. The summed E-state index contributed by atoms with van der Waals surface area (Å²) in [5.41, 5.74) is 4.89. The highest BCUT2D eigenvalue weighted by Gasteiger charge is 2.14. The van der Waals surface area contributed by atoms with Crippen molar-refractivity contribution in [3.8, 4) is 0 Å². The van der Waals surface area contributed by atoms with Crippen molar-refractivity contribution in [2.45, 2.75) is 13.0 Å². The van der Waals surface area contributed by atoms with E-state index in [-0.39, 0.29) is 6.10 Å². The van der Waals surface area contributed by atoms with Crippen LogP contribution >= 0.6 is 0 Å². The fraction of sp³-hybridized carbons (Fsp3) is 0.231. The van der Waals surface area contributed by atoms with Crippen molar-refractivity contribution in [2.75, 3.05) is 26.7 Å². The van der Waals surface area contributed by atoms with Gasteiger partial charge in [0.1, 0.15) is 6.10 Å². The zero-order chi connectivity index (χ0) is 19.6. The summed E-state index contributed by atoms with van der Waals surface area (Å²) in [7, 11) is 2.13. The van der Waals surface area contributed by atoms with E-state index in [0.29, 0.717) is 6.61 Å². The smallest absolute Gasteiger partial charge is 0.108 e. The number of aryl methyl sites for hydroxylation is 1. The van der Waals surface area contributed by atoms with Crippen molar-refractivity contribution in [1.82, 2.24) is 4.90 Å². The van der Waals surface area contributed by atoms with Crippen LogP contribution in [0.4, 0.5) is 0 Å². The molecule has 28 heavy (non-hydrogen) atoms. The molecule has 0 spiro atoms. The monoisotopic (exact) mass is 371 g/mol. The maximum Gasteiger partial charge on any atom is 0.108 e. The predicted octanol–water partition coefficient (Wildman–Crippen LogP) is 5.75. The fourth-order valence-corrected chi connectivity index (χ4v) is 3.10. The molecular formula is C26H29NO. The summed E-state index contributed by atoms with van der Waals surface area (Å²) in [5.74, 6) is 0. The molecule has 1 unspecified atom stereocenters. The standard InChI is InChI=1S/C26H29NO/c1-22-15-17-25(18-16-22)26(24-13-7-4-8-14-24)28-21-20-27(2)19-9-12-23-10-5-3-6-11-23/h3-18,26H,19-21H2,1-2H3/b12-9+. The van der Waals surface area contributed by atoms with E-state index in [2.05, 4.69) is 104 Å². The average molecular weight is 372 g/mol. The largest absolute Gasteiger partial charge is 0.367 e. The van der Waals surface area contributed by atoms with Crippen molar-refractivity contribution >= 4 is 6.08 Å². The number of ether oxygens (including phenoxy) is 1. The van der Waals surface area contributed by atoms with Gasteiger partial charge in [-0.15, -0.1) is 0 Å². The van der Waals surface area contributed by atoms with Gasteiger partial charge in [0.15, 0.2) is 0 Å². The van der Waals surface area contributed by atoms with Crippen LogP contribution in [0, 0.1) is 6.92 Å². The van der Waals surface area contributed by atoms with E-state index >= 15 is 0 Å². The second-order valence-electron chi connectivity index (χ2n) is 7.15. The highest BCUT2D eigenvalue weighted by atomic mass is 16.5. The first kappa shape index (κ1) is 20.1. The van der Waals surface area contributed by atoms with E-state index in [1.54, 1.807) is 0 Å². The van der Waals surface area contributed by atoms with E-state index in [9.17, 15) is 0 Å². The molecule has 0 aliphatic rings. The topological polar surface area (TPSA) is 12.5 Å². The second kappa shape index (κ2) is 10.6. The first-order valence-electron chi connectivity index (χ1n) is 9.85. The third-order valence-corrected chi connectivity index (χ3v) is 4.77. The molecule has 0 aromatic heterocycles. The predicted molar refractivity (Wildman–Crippen MR) is 118 cm³/mol. The molecule has 3 aromatic carbocycles. The molecule has 0 aliphatic heterocycles. The zero-order valence-corrected chi connectivity index (χ0v) is 16.8. The van der Waals surface area contributed by atoms with Gasteiger partial charge in [-0.2, -0.15) is 0 Å². The molecule has 0 amide bonds. The molecule has 0 fully saturated rings. The Morgan fingerprint density at radius 2 is 1.43 bits per heavy atom. The van der Waals surface area contributed by atoms with Crippen LogP contribution in [-0.4, -0.2) is 31.6 Å². The Morgan fingerprint density at radius 3 is 2.11 bits per heavy atom. The second-order valence-corrected chi connectivity index (χ2v) is 7.15. The van der Waals surface area contributed by atoms with Gasteiger partial charge >= 0.3 is 0 Å². The lowest BCUT2D eigenvalue weighted by atomic mass is 10.0. The van der Waals surface area contributed by atoms with Crippen molar-refractivity contribution in [3.05, 3.63) is 113 Å². The average Bonchev–Trinajstić information content (AvgIpc) is 2.73. The fourth-order valence-electron chi connectivity index (χ4n) is 3.10. The Morgan fingerprint density at radius 1 is 0.821 bits per heavy atom. The third-order valence-electron chi connectivity index (χ3n) is 4.77. The number of hydrogen-bond donors (Lipinski definition) is 0.